The molecule has 0 aromatic carbocycles. The first kappa shape index (κ1) is 17.2. The SMILES string of the molecule is CC(C)c1nc(-c2ccc(N3CCN(C(=O)c4ccno4)CC3)nc2)no1. The highest BCUT2D eigenvalue weighted by Gasteiger charge is 2.24. The molecule has 1 saturated heterocycles. The number of hydrogen-bond acceptors (Lipinski definition) is 8. The van der Waals surface area contributed by atoms with E-state index in [2.05, 4.69) is 25.2 Å². The number of piperazine rings is 1. The van der Waals surface area contributed by atoms with Crippen molar-refractivity contribution in [2.24, 2.45) is 0 Å². The summed E-state index contributed by atoms with van der Waals surface area (Å²) in [7, 11) is 0. The van der Waals surface area contributed by atoms with Gasteiger partial charge in [0.1, 0.15) is 5.82 Å². The molecule has 4 heterocycles. The van der Waals surface area contributed by atoms with Crippen LogP contribution in [0, 0.1) is 0 Å². The first-order valence-corrected chi connectivity index (χ1v) is 8.87. The lowest BCUT2D eigenvalue weighted by atomic mass is 10.2. The van der Waals surface area contributed by atoms with Gasteiger partial charge in [0, 0.05) is 49.9 Å². The van der Waals surface area contributed by atoms with E-state index in [0.717, 1.165) is 11.4 Å². The van der Waals surface area contributed by atoms with E-state index < -0.39 is 0 Å². The van der Waals surface area contributed by atoms with Gasteiger partial charge in [-0.25, -0.2) is 4.98 Å². The third-order valence-corrected chi connectivity index (χ3v) is 4.48. The molecule has 1 fully saturated rings. The Kier molecular flexibility index (Phi) is 4.57. The van der Waals surface area contributed by atoms with Crippen LogP contribution in [0.2, 0.25) is 0 Å². The van der Waals surface area contributed by atoms with Crippen LogP contribution < -0.4 is 4.90 Å². The van der Waals surface area contributed by atoms with Crippen LogP contribution in [0.4, 0.5) is 5.82 Å². The predicted octanol–water partition coefficient (Wildman–Crippen LogP) is 2.21. The van der Waals surface area contributed by atoms with E-state index in [0.29, 0.717) is 37.9 Å². The van der Waals surface area contributed by atoms with E-state index in [1.54, 1.807) is 17.2 Å². The van der Waals surface area contributed by atoms with Gasteiger partial charge in [-0.2, -0.15) is 4.98 Å². The minimum absolute atomic E-state index is 0.131. The number of nitrogens with zero attached hydrogens (tertiary/aromatic N) is 6. The average Bonchev–Trinajstić information content (AvgIpc) is 3.40. The molecule has 0 saturated carbocycles. The predicted molar refractivity (Wildman–Crippen MR) is 96.2 cm³/mol. The Labute approximate surface area is 156 Å². The van der Waals surface area contributed by atoms with Crippen molar-refractivity contribution in [3.8, 4) is 11.4 Å². The zero-order valence-electron chi connectivity index (χ0n) is 15.2. The van der Waals surface area contributed by atoms with Gasteiger partial charge in [0.25, 0.3) is 5.91 Å². The van der Waals surface area contributed by atoms with Crippen LogP contribution in [-0.4, -0.2) is 57.3 Å². The molecular weight excluding hydrogens is 348 g/mol. The Balaban J connectivity index is 1.39. The van der Waals surface area contributed by atoms with Gasteiger partial charge in [-0.3, -0.25) is 4.79 Å². The van der Waals surface area contributed by atoms with Gasteiger partial charge in [-0.15, -0.1) is 0 Å². The summed E-state index contributed by atoms with van der Waals surface area (Å²) >= 11 is 0. The number of anilines is 1. The molecule has 3 aromatic rings. The largest absolute Gasteiger partial charge is 0.353 e. The fourth-order valence-electron chi connectivity index (χ4n) is 2.91. The van der Waals surface area contributed by atoms with Gasteiger partial charge in [-0.05, 0) is 12.1 Å². The molecule has 1 amide bonds. The Hall–Kier alpha value is -3.23. The van der Waals surface area contributed by atoms with E-state index in [1.165, 1.54) is 6.20 Å². The van der Waals surface area contributed by atoms with Crippen LogP contribution in [0.3, 0.4) is 0 Å². The first-order valence-electron chi connectivity index (χ1n) is 8.87. The lowest BCUT2D eigenvalue weighted by Gasteiger charge is -2.34. The van der Waals surface area contributed by atoms with Crippen LogP contribution in [-0.2, 0) is 0 Å². The van der Waals surface area contributed by atoms with Crippen molar-refractivity contribution in [2.75, 3.05) is 31.1 Å². The monoisotopic (exact) mass is 368 g/mol. The molecule has 1 aliphatic heterocycles. The van der Waals surface area contributed by atoms with E-state index in [-0.39, 0.29) is 17.6 Å². The van der Waals surface area contributed by atoms with Crippen molar-refractivity contribution in [1.82, 2.24) is 25.2 Å². The Morgan fingerprint density at radius 2 is 1.93 bits per heavy atom. The maximum absolute atomic E-state index is 12.3. The molecule has 27 heavy (non-hydrogen) atoms. The van der Waals surface area contributed by atoms with Crippen molar-refractivity contribution in [2.45, 2.75) is 19.8 Å². The highest BCUT2D eigenvalue weighted by Crippen LogP contribution is 2.21. The summed E-state index contributed by atoms with van der Waals surface area (Å²) in [5.74, 6) is 2.34. The van der Waals surface area contributed by atoms with Gasteiger partial charge in [-0.1, -0.05) is 24.2 Å². The van der Waals surface area contributed by atoms with Gasteiger partial charge in [0.05, 0.1) is 6.20 Å². The molecule has 9 heteroatoms. The van der Waals surface area contributed by atoms with Gasteiger partial charge >= 0.3 is 0 Å². The average molecular weight is 368 g/mol. The second-order valence-corrected chi connectivity index (χ2v) is 6.67. The molecule has 4 rings (SSSR count). The number of amides is 1. The Morgan fingerprint density at radius 1 is 1.11 bits per heavy atom. The second kappa shape index (κ2) is 7.18. The molecule has 0 aliphatic carbocycles. The quantitative estimate of drug-likeness (QED) is 0.691. The van der Waals surface area contributed by atoms with E-state index >= 15 is 0 Å². The smallest absolute Gasteiger partial charge is 0.292 e. The number of aromatic nitrogens is 4. The lowest BCUT2D eigenvalue weighted by Crippen LogP contribution is -2.49. The highest BCUT2D eigenvalue weighted by atomic mass is 16.5. The molecule has 0 N–H and O–H groups in total. The topological polar surface area (TPSA) is 101 Å². The molecule has 0 unspecified atom stereocenters. The summed E-state index contributed by atoms with van der Waals surface area (Å²) in [5, 5.41) is 7.59. The second-order valence-electron chi connectivity index (χ2n) is 6.67. The zero-order chi connectivity index (χ0) is 18.8. The van der Waals surface area contributed by atoms with Crippen LogP contribution in [0.1, 0.15) is 36.2 Å². The van der Waals surface area contributed by atoms with Crippen molar-refractivity contribution >= 4 is 11.7 Å². The summed E-state index contributed by atoms with van der Waals surface area (Å²) in [5.41, 5.74) is 0.813. The molecule has 9 nitrogen and oxygen atoms in total. The Morgan fingerprint density at radius 3 is 2.52 bits per heavy atom. The molecule has 0 bridgehead atoms. The summed E-state index contributed by atoms with van der Waals surface area (Å²) in [6.45, 7) is 6.62. The van der Waals surface area contributed by atoms with Crippen LogP contribution >= 0.6 is 0 Å². The Bertz CT molecular complexity index is 896. The van der Waals surface area contributed by atoms with E-state index in [1.807, 2.05) is 26.0 Å². The molecule has 1 aliphatic rings. The molecule has 0 radical (unpaired) electrons. The maximum Gasteiger partial charge on any atom is 0.292 e. The molecule has 140 valence electrons. The van der Waals surface area contributed by atoms with E-state index in [9.17, 15) is 4.79 Å². The minimum atomic E-state index is -0.131. The molecule has 3 aromatic heterocycles. The molecule has 0 spiro atoms. The summed E-state index contributed by atoms with van der Waals surface area (Å²) in [6, 6.07) is 5.45. The third-order valence-electron chi connectivity index (χ3n) is 4.48. The summed E-state index contributed by atoms with van der Waals surface area (Å²) in [6.07, 6.45) is 3.22. The molecular formula is C18H20N6O3. The van der Waals surface area contributed by atoms with E-state index in [4.69, 9.17) is 9.05 Å². The van der Waals surface area contributed by atoms with Crippen LogP contribution in [0.5, 0.6) is 0 Å². The van der Waals surface area contributed by atoms with Crippen molar-refractivity contribution in [3.05, 3.63) is 42.2 Å². The molecule has 0 atom stereocenters. The zero-order valence-corrected chi connectivity index (χ0v) is 15.2. The summed E-state index contributed by atoms with van der Waals surface area (Å²) in [4.78, 5) is 25.1. The van der Waals surface area contributed by atoms with Crippen molar-refractivity contribution in [3.63, 3.8) is 0 Å². The first-order chi connectivity index (χ1) is 13.1. The third kappa shape index (κ3) is 3.53. The van der Waals surface area contributed by atoms with Crippen LogP contribution in [0.25, 0.3) is 11.4 Å². The van der Waals surface area contributed by atoms with Crippen LogP contribution in [0.15, 0.2) is 39.6 Å². The van der Waals surface area contributed by atoms with Crippen molar-refractivity contribution in [1.29, 1.82) is 0 Å². The number of carbonyl (C=O) groups is 1. The standard InChI is InChI=1S/C18H20N6O3/c1-12(2)17-21-16(22-27-17)13-3-4-15(19-11-13)23-7-9-24(10-8-23)18(25)14-5-6-20-26-14/h3-6,11-12H,7-10H2,1-2H3. The fourth-order valence-corrected chi connectivity index (χ4v) is 2.91. The fraction of sp³-hybridized carbons (Fsp3) is 0.389. The highest BCUT2D eigenvalue weighted by molar-refractivity contribution is 5.91. The lowest BCUT2D eigenvalue weighted by molar-refractivity contribution is 0.0704. The minimum Gasteiger partial charge on any atom is -0.353 e. The normalized spacial score (nSPS) is 14.8. The van der Waals surface area contributed by atoms with Gasteiger partial charge in [0.2, 0.25) is 17.5 Å². The number of pyridine rings is 1. The maximum atomic E-state index is 12.3. The van der Waals surface area contributed by atoms with Gasteiger partial charge < -0.3 is 18.8 Å². The van der Waals surface area contributed by atoms with Gasteiger partial charge in [0.15, 0.2) is 0 Å². The van der Waals surface area contributed by atoms with Crippen molar-refractivity contribution < 1.29 is 13.8 Å². The summed E-state index contributed by atoms with van der Waals surface area (Å²) < 4.78 is 10.2. The number of carbonyl (C=O) groups excluding carboxylic acids is 1. The number of rotatable bonds is 4. The number of hydrogen-bond donors (Lipinski definition) is 0.